The zero-order valence-corrected chi connectivity index (χ0v) is 14.6. The number of hydrogen-bond acceptors (Lipinski definition) is 2. The van der Waals surface area contributed by atoms with Crippen LogP contribution in [0.15, 0.2) is 56.7 Å². The summed E-state index contributed by atoms with van der Waals surface area (Å²) in [6.07, 6.45) is 0. The number of benzene rings is 2. The van der Waals surface area contributed by atoms with Crippen LogP contribution in [0, 0.1) is 11.7 Å². The Balaban J connectivity index is 2.04. The predicted molar refractivity (Wildman–Crippen MR) is 91.2 cm³/mol. The summed E-state index contributed by atoms with van der Waals surface area (Å²) in [6, 6.07) is 13.1. The highest BCUT2D eigenvalue weighted by atomic mass is 79.9. The molecule has 0 aliphatic heterocycles. The quantitative estimate of drug-likeness (QED) is 0.724. The van der Waals surface area contributed by atoms with Gasteiger partial charge in [-0.05, 0) is 58.2 Å². The van der Waals surface area contributed by atoms with Crippen LogP contribution in [-0.4, -0.2) is 6.54 Å². The second-order valence-corrected chi connectivity index (χ2v) is 7.26. The molecule has 21 heavy (non-hydrogen) atoms. The Morgan fingerprint density at radius 3 is 2.57 bits per heavy atom. The first-order valence-corrected chi connectivity index (χ1v) is 8.58. The predicted octanol–water partition coefficient (Wildman–Crippen LogP) is 5.49. The minimum atomic E-state index is -0.183. The summed E-state index contributed by atoms with van der Waals surface area (Å²) in [6.45, 7) is 6.24. The molecular formula is C17H19BrFNS. The molecule has 0 aromatic heterocycles. The van der Waals surface area contributed by atoms with Crippen LogP contribution in [0.1, 0.15) is 19.4 Å². The van der Waals surface area contributed by atoms with Gasteiger partial charge >= 0.3 is 0 Å². The van der Waals surface area contributed by atoms with Gasteiger partial charge in [0.2, 0.25) is 0 Å². The van der Waals surface area contributed by atoms with Crippen molar-refractivity contribution in [2.75, 3.05) is 6.54 Å². The van der Waals surface area contributed by atoms with E-state index in [4.69, 9.17) is 0 Å². The molecule has 0 saturated heterocycles. The van der Waals surface area contributed by atoms with Crippen molar-refractivity contribution >= 4 is 27.7 Å². The number of rotatable bonds is 6. The van der Waals surface area contributed by atoms with Crippen molar-refractivity contribution in [1.82, 2.24) is 5.32 Å². The zero-order valence-electron chi connectivity index (χ0n) is 12.2. The van der Waals surface area contributed by atoms with Gasteiger partial charge in [-0.1, -0.05) is 43.8 Å². The van der Waals surface area contributed by atoms with Gasteiger partial charge in [-0.15, -0.1) is 0 Å². The maximum atomic E-state index is 13.7. The normalized spacial score (nSPS) is 11.1. The zero-order chi connectivity index (χ0) is 15.2. The molecule has 0 aliphatic rings. The van der Waals surface area contributed by atoms with Gasteiger partial charge in [-0.2, -0.15) is 0 Å². The Kier molecular flexibility index (Phi) is 6.27. The fraction of sp³-hybridized carbons (Fsp3) is 0.294. The van der Waals surface area contributed by atoms with Gasteiger partial charge in [-0.3, -0.25) is 0 Å². The largest absolute Gasteiger partial charge is 0.312 e. The average molecular weight is 368 g/mol. The van der Waals surface area contributed by atoms with Crippen molar-refractivity contribution in [2.45, 2.75) is 30.2 Å². The second-order valence-electron chi connectivity index (χ2n) is 5.32. The van der Waals surface area contributed by atoms with Crippen molar-refractivity contribution < 1.29 is 4.39 Å². The SMILES string of the molecule is CC(C)CNCc1ccc(Sc2ccccc2F)c(Br)c1. The first kappa shape index (κ1) is 16.5. The molecule has 2 aromatic rings. The lowest BCUT2D eigenvalue weighted by Crippen LogP contribution is -2.18. The lowest BCUT2D eigenvalue weighted by molar-refractivity contribution is 0.552. The smallest absolute Gasteiger partial charge is 0.137 e. The summed E-state index contributed by atoms with van der Waals surface area (Å²) in [5.74, 6) is 0.460. The van der Waals surface area contributed by atoms with Gasteiger partial charge in [0.05, 0.1) is 0 Å². The molecule has 2 rings (SSSR count). The van der Waals surface area contributed by atoms with E-state index in [-0.39, 0.29) is 5.82 Å². The molecule has 0 spiro atoms. The highest BCUT2D eigenvalue weighted by molar-refractivity contribution is 9.10. The fourth-order valence-electron chi connectivity index (χ4n) is 1.89. The molecule has 0 atom stereocenters. The van der Waals surface area contributed by atoms with Crippen molar-refractivity contribution in [2.24, 2.45) is 5.92 Å². The van der Waals surface area contributed by atoms with Crippen LogP contribution < -0.4 is 5.32 Å². The molecule has 0 amide bonds. The summed E-state index contributed by atoms with van der Waals surface area (Å²) in [4.78, 5) is 1.66. The van der Waals surface area contributed by atoms with Gasteiger partial charge in [-0.25, -0.2) is 4.39 Å². The lowest BCUT2D eigenvalue weighted by atomic mass is 10.2. The van der Waals surface area contributed by atoms with E-state index in [2.05, 4.69) is 47.2 Å². The molecule has 0 radical (unpaired) electrons. The van der Waals surface area contributed by atoms with E-state index in [1.807, 2.05) is 12.1 Å². The topological polar surface area (TPSA) is 12.0 Å². The molecular weight excluding hydrogens is 349 g/mol. The summed E-state index contributed by atoms with van der Waals surface area (Å²) in [5, 5.41) is 3.42. The van der Waals surface area contributed by atoms with Crippen molar-refractivity contribution in [3.05, 3.63) is 58.3 Å². The monoisotopic (exact) mass is 367 g/mol. The highest BCUT2D eigenvalue weighted by Gasteiger charge is 2.07. The van der Waals surface area contributed by atoms with E-state index in [0.29, 0.717) is 10.8 Å². The summed E-state index contributed by atoms with van der Waals surface area (Å²) in [7, 11) is 0. The number of nitrogens with one attached hydrogen (secondary N) is 1. The minimum absolute atomic E-state index is 0.183. The van der Waals surface area contributed by atoms with Crippen molar-refractivity contribution in [3.8, 4) is 0 Å². The molecule has 1 nitrogen and oxygen atoms in total. The Labute approximate surface area is 138 Å². The second kappa shape index (κ2) is 7.97. The van der Waals surface area contributed by atoms with Gasteiger partial charge in [0.1, 0.15) is 5.82 Å². The third-order valence-electron chi connectivity index (χ3n) is 2.93. The Bertz CT molecular complexity index is 601. The summed E-state index contributed by atoms with van der Waals surface area (Å²) in [5.41, 5.74) is 1.22. The minimum Gasteiger partial charge on any atom is -0.312 e. The molecule has 0 aliphatic carbocycles. The van der Waals surface area contributed by atoms with Crippen molar-refractivity contribution in [1.29, 1.82) is 0 Å². The standard InChI is InChI=1S/C17H19BrFNS/c1-12(2)10-20-11-13-7-8-16(14(18)9-13)21-17-6-4-3-5-15(17)19/h3-9,12,20H,10-11H2,1-2H3. The van der Waals surface area contributed by atoms with Gasteiger partial charge in [0.15, 0.2) is 0 Å². The molecule has 0 heterocycles. The van der Waals surface area contributed by atoms with Crippen LogP contribution in [0.4, 0.5) is 4.39 Å². The van der Waals surface area contributed by atoms with Crippen LogP contribution in [0.2, 0.25) is 0 Å². The number of halogens is 2. The van der Waals surface area contributed by atoms with E-state index in [1.165, 1.54) is 23.4 Å². The van der Waals surface area contributed by atoms with E-state index in [0.717, 1.165) is 22.5 Å². The van der Waals surface area contributed by atoms with E-state index in [1.54, 1.807) is 12.1 Å². The molecule has 4 heteroatoms. The van der Waals surface area contributed by atoms with Crippen LogP contribution in [0.3, 0.4) is 0 Å². The van der Waals surface area contributed by atoms with Crippen LogP contribution >= 0.6 is 27.7 Å². The van der Waals surface area contributed by atoms with Gasteiger partial charge in [0, 0.05) is 20.8 Å². The molecule has 0 unspecified atom stereocenters. The van der Waals surface area contributed by atoms with Gasteiger partial charge in [0.25, 0.3) is 0 Å². The average Bonchev–Trinajstić information content (AvgIpc) is 2.43. The Hall–Kier alpha value is -0.840. The lowest BCUT2D eigenvalue weighted by Gasteiger charge is -2.10. The first-order chi connectivity index (χ1) is 10.1. The van der Waals surface area contributed by atoms with E-state index in [9.17, 15) is 4.39 Å². The van der Waals surface area contributed by atoms with Gasteiger partial charge < -0.3 is 5.32 Å². The molecule has 2 aromatic carbocycles. The Morgan fingerprint density at radius 1 is 1.14 bits per heavy atom. The first-order valence-electron chi connectivity index (χ1n) is 6.98. The van der Waals surface area contributed by atoms with E-state index >= 15 is 0 Å². The molecule has 0 bridgehead atoms. The van der Waals surface area contributed by atoms with Crippen molar-refractivity contribution in [3.63, 3.8) is 0 Å². The fourth-order valence-corrected chi connectivity index (χ4v) is 3.40. The molecule has 112 valence electrons. The third-order valence-corrected chi connectivity index (χ3v) is 4.98. The molecule has 0 saturated carbocycles. The molecule has 0 fully saturated rings. The van der Waals surface area contributed by atoms with Crippen LogP contribution in [0.25, 0.3) is 0 Å². The Morgan fingerprint density at radius 2 is 1.90 bits per heavy atom. The highest BCUT2D eigenvalue weighted by Crippen LogP contribution is 2.35. The van der Waals surface area contributed by atoms with Crippen LogP contribution in [-0.2, 0) is 6.54 Å². The number of hydrogen-bond donors (Lipinski definition) is 1. The maximum Gasteiger partial charge on any atom is 0.137 e. The maximum absolute atomic E-state index is 13.7. The summed E-state index contributed by atoms with van der Waals surface area (Å²) < 4.78 is 14.7. The molecule has 1 N–H and O–H groups in total. The van der Waals surface area contributed by atoms with Crippen LogP contribution in [0.5, 0.6) is 0 Å². The van der Waals surface area contributed by atoms with E-state index < -0.39 is 0 Å². The summed E-state index contributed by atoms with van der Waals surface area (Å²) >= 11 is 5.01. The third kappa shape index (κ3) is 5.13.